The Morgan fingerprint density at radius 1 is 1.23 bits per heavy atom. The molecule has 1 aromatic carbocycles. The van der Waals surface area contributed by atoms with Crippen LogP contribution in [0.3, 0.4) is 0 Å². The fourth-order valence-corrected chi connectivity index (χ4v) is 3.26. The van der Waals surface area contributed by atoms with Crippen LogP contribution in [0.15, 0.2) is 29.2 Å². The van der Waals surface area contributed by atoms with Gasteiger partial charge in [-0.05, 0) is 58.4 Å². The summed E-state index contributed by atoms with van der Waals surface area (Å²) in [6.45, 7) is 5.64. The Bertz CT molecular complexity index is 514. The average molecular weight is 322 g/mol. The van der Waals surface area contributed by atoms with E-state index in [0.717, 1.165) is 19.3 Å². The summed E-state index contributed by atoms with van der Waals surface area (Å²) in [5, 5.41) is 6.57. The van der Waals surface area contributed by atoms with Gasteiger partial charge in [-0.3, -0.25) is 0 Å². The molecule has 2 N–H and O–H groups in total. The van der Waals surface area contributed by atoms with Crippen molar-refractivity contribution in [3.63, 3.8) is 0 Å². The van der Waals surface area contributed by atoms with Crippen molar-refractivity contribution >= 4 is 23.5 Å². The minimum atomic E-state index is -0.447. The number of hydrogen-bond acceptors (Lipinski definition) is 4. The minimum Gasteiger partial charge on any atom is -0.444 e. The summed E-state index contributed by atoms with van der Waals surface area (Å²) < 4.78 is 5.32. The summed E-state index contributed by atoms with van der Waals surface area (Å²) in [4.78, 5) is 13.1. The van der Waals surface area contributed by atoms with Crippen LogP contribution in [-0.2, 0) is 4.74 Å². The van der Waals surface area contributed by atoms with Crippen LogP contribution in [0.4, 0.5) is 10.5 Å². The summed E-state index contributed by atoms with van der Waals surface area (Å²) in [5.41, 5.74) is 0.732. The second-order valence-corrected chi connectivity index (χ2v) is 7.55. The lowest BCUT2D eigenvalue weighted by Crippen LogP contribution is -2.38. The molecule has 1 aliphatic carbocycles. The Labute approximate surface area is 137 Å². The smallest absolute Gasteiger partial charge is 0.407 e. The largest absolute Gasteiger partial charge is 0.444 e. The van der Waals surface area contributed by atoms with E-state index >= 15 is 0 Å². The van der Waals surface area contributed by atoms with Crippen molar-refractivity contribution in [3.8, 4) is 0 Å². The van der Waals surface area contributed by atoms with Gasteiger partial charge < -0.3 is 15.4 Å². The number of benzene rings is 1. The number of carbonyl (C=O) groups is 1. The fourth-order valence-electron chi connectivity index (χ4n) is 2.70. The van der Waals surface area contributed by atoms with Crippen molar-refractivity contribution in [1.29, 1.82) is 0 Å². The summed E-state index contributed by atoms with van der Waals surface area (Å²) >= 11 is 1.74. The van der Waals surface area contributed by atoms with E-state index in [2.05, 4.69) is 35.1 Å². The van der Waals surface area contributed by atoms with Gasteiger partial charge in [-0.1, -0.05) is 12.1 Å². The van der Waals surface area contributed by atoms with E-state index in [9.17, 15) is 4.79 Å². The third-order valence-corrected chi connectivity index (χ3v) is 4.42. The van der Waals surface area contributed by atoms with E-state index in [-0.39, 0.29) is 12.1 Å². The van der Waals surface area contributed by atoms with Gasteiger partial charge in [0.25, 0.3) is 0 Å². The Morgan fingerprint density at radius 2 is 1.91 bits per heavy atom. The molecule has 0 saturated heterocycles. The molecule has 2 unspecified atom stereocenters. The first-order chi connectivity index (χ1) is 10.4. The van der Waals surface area contributed by atoms with Crippen LogP contribution in [0.5, 0.6) is 0 Å². The number of amides is 1. The standard InChI is InChI=1S/C17H26N2O2S/c1-17(2,3)21-16(20)19-13-10-9-12(11-13)18-14-7-5-6-8-15(14)22-4/h5-8,12-13,18H,9-11H2,1-4H3,(H,19,20). The van der Waals surface area contributed by atoms with Crippen LogP contribution in [0.1, 0.15) is 40.0 Å². The van der Waals surface area contributed by atoms with Crippen LogP contribution in [0.25, 0.3) is 0 Å². The van der Waals surface area contributed by atoms with Crippen LogP contribution >= 0.6 is 11.8 Å². The maximum Gasteiger partial charge on any atom is 0.407 e. The topological polar surface area (TPSA) is 50.4 Å². The maximum atomic E-state index is 11.8. The molecule has 4 nitrogen and oxygen atoms in total. The SMILES string of the molecule is CSc1ccccc1NC1CCC(NC(=O)OC(C)(C)C)C1. The van der Waals surface area contributed by atoms with Crippen molar-refractivity contribution < 1.29 is 9.53 Å². The first-order valence-corrected chi connectivity index (χ1v) is 8.99. The molecule has 1 aromatic rings. The van der Waals surface area contributed by atoms with Crippen LogP contribution < -0.4 is 10.6 Å². The second-order valence-electron chi connectivity index (χ2n) is 6.70. The van der Waals surface area contributed by atoms with Crippen molar-refractivity contribution in [2.24, 2.45) is 0 Å². The van der Waals surface area contributed by atoms with Crippen LogP contribution in [0, 0.1) is 0 Å². The van der Waals surface area contributed by atoms with Gasteiger partial charge in [0, 0.05) is 22.7 Å². The second kappa shape index (κ2) is 7.27. The van der Waals surface area contributed by atoms with Gasteiger partial charge in [0.15, 0.2) is 0 Å². The van der Waals surface area contributed by atoms with Gasteiger partial charge in [0.05, 0.1) is 0 Å². The van der Waals surface area contributed by atoms with E-state index in [1.165, 1.54) is 10.6 Å². The molecular weight excluding hydrogens is 296 g/mol. The molecule has 2 atom stereocenters. The van der Waals surface area contributed by atoms with Crippen LogP contribution in [0.2, 0.25) is 0 Å². The molecule has 1 saturated carbocycles. The number of ether oxygens (including phenoxy) is 1. The fraction of sp³-hybridized carbons (Fsp3) is 0.588. The molecule has 0 aliphatic heterocycles. The van der Waals surface area contributed by atoms with Gasteiger partial charge in [-0.15, -0.1) is 11.8 Å². The zero-order chi connectivity index (χ0) is 16.2. The summed E-state index contributed by atoms with van der Waals surface area (Å²) in [6.07, 6.45) is 4.74. The third kappa shape index (κ3) is 5.13. The van der Waals surface area contributed by atoms with E-state index in [1.807, 2.05) is 26.8 Å². The lowest BCUT2D eigenvalue weighted by atomic mass is 10.2. The number of alkyl carbamates (subject to hydrolysis) is 1. The van der Waals surface area contributed by atoms with Crippen molar-refractivity contribution in [3.05, 3.63) is 24.3 Å². The Morgan fingerprint density at radius 3 is 2.59 bits per heavy atom. The van der Waals surface area contributed by atoms with Gasteiger partial charge >= 0.3 is 6.09 Å². The highest BCUT2D eigenvalue weighted by molar-refractivity contribution is 7.98. The number of nitrogens with one attached hydrogen (secondary N) is 2. The zero-order valence-corrected chi connectivity index (χ0v) is 14.6. The van der Waals surface area contributed by atoms with E-state index in [4.69, 9.17) is 4.74 Å². The average Bonchev–Trinajstić information content (AvgIpc) is 2.84. The number of thioether (sulfide) groups is 1. The van der Waals surface area contributed by atoms with Crippen molar-refractivity contribution in [2.45, 2.75) is 62.6 Å². The first kappa shape index (κ1) is 17.0. The zero-order valence-electron chi connectivity index (χ0n) is 13.8. The number of hydrogen-bond donors (Lipinski definition) is 2. The number of carbonyl (C=O) groups excluding carboxylic acids is 1. The molecule has 1 aliphatic rings. The maximum absolute atomic E-state index is 11.8. The predicted octanol–water partition coefficient (Wildman–Crippen LogP) is 4.27. The normalized spacial score (nSPS) is 21.5. The number of rotatable bonds is 4. The lowest BCUT2D eigenvalue weighted by Gasteiger charge is -2.22. The number of anilines is 1. The number of para-hydroxylation sites is 1. The summed E-state index contributed by atoms with van der Waals surface area (Å²) in [5.74, 6) is 0. The highest BCUT2D eigenvalue weighted by Gasteiger charge is 2.27. The van der Waals surface area contributed by atoms with E-state index in [0.29, 0.717) is 6.04 Å². The van der Waals surface area contributed by atoms with Gasteiger partial charge in [-0.25, -0.2) is 4.79 Å². The molecular formula is C17H26N2O2S. The van der Waals surface area contributed by atoms with Gasteiger partial charge in [0.2, 0.25) is 0 Å². The van der Waals surface area contributed by atoms with Crippen molar-refractivity contribution in [2.75, 3.05) is 11.6 Å². The van der Waals surface area contributed by atoms with E-state index < -0.39 is 5.60 Å². The molecule has 0 spiro atoms. The molecule has 0 radical (unpaired) electrons. The Balaban J connectivity index is 1.84. The molecule has 0 aromatic heterocycles. The molecule has 1 amide bonds. The quantitative estimate of drug-likeness (QED) is 0.813. The molecule has 122 valence electrons. The lowest BCUT2D eigenvalue weighted by molar-refractivity contribution is 0.0505. The third-order valence-electron chi connectivity index (χ3n) is 3.62. The van der Waals surface area contributed by atoms with Gasteiger partial charge in [0.1, 0.15) is 5.60 Å². The molecule has 0 heterocycles. The van der Waals surface area contributed by atoms with E-state index in [1.54, 1.807) is 11.8 Å². The first-order valence-electron chi connectivity index (χ1n) is 7.76. The molecule has 5 heteroatoms. The summed E-state index contributed by atoms with van der Waals surface area (Å²) in [7, 11) is 0. The monoisotopic (exact) mass is 322 g/mol. The molecule has 2 rings (SSSR count). The Hall–Kier alpha value is -1.36. The van der Waals surface area contributed by atoms with Crippen LogP contribution in [-0.4, -0.2) is 30.0 Å². The highest BCUT2D eigenvalue weighted by Crippen LogP contribution is 2.29. The molecule has 22 heavy (non-hydrogen) atoms. The highest BCUT2D eigenvalue weighted by atomic mass is 32.2. The van der Waals surface area contributed by atoms with Crippen molar-refractivity contribution in [1.82, 2.24) is 5.32 Å². The Kier molecular flexibility index (Phi) is 5.62. The molecule has 1 fully saturated rings. The molecule has 0 bridgehead atoms. The predicted molar refractivity (Wildman–Crippen MR) is 92.6 cm³/mol. The van der Waals surface area contributed by atoms with Gasteiger partial charge in [-0.2, -0.15) is 0 Å². The summed E-state index contributed by atoms with van der Waals surface area (Å²) in [6, 6.07) is 8.92. The minimum absolute atomic E-state index is 0.189.